The summed E-state index contributed by atoms with van der Waals surface area (Å²) in [5.74, 6) is 0.166. The maximum absolute atomic E-state index is 12.3. The van der Waals surface area contributed by atoms with E-state index in [0.717, 1.165) is 30.3 Å². The molecular formula is C16H19BrN2O. The lowest BCUT2D eigenvalue weighted by atomic mass is 10.1. The molecule has 0 atom stereocenters. The van der Waals surface area contributed by atoms with E-state index in [-0.39, 0.29) is 5.78 Å². The number of Topliss-reactive ketones (excluding diaryl/α,β-unsaturated/α-hetero) is 1. The monoisotopic (exact) mass is 334 g/mol. The van der Waals surface area contributed by atoms with Crippen molar-refractivity contribution in [3.05, 3.63) is 52.3 Å². The molecule has 20 heavy (non-hydrogen) atoms. The molecule has 3 nitrogen and oxygen atoms in total. The van der Waals surface area contributed by atoms with Crippen molar-refractivity contribution in [1.29, 1.82) is 0 Å². The molecule has 1 heterocycles. The molecule has 4 heteroatoms. The van der Waals surface area contributed by atoms with Gasteiger partial charge in [-0.25, -0.2) is 0 Å². The van der Waals surface area contributed by atoms with Crippen LogP contribution in [0.15, 0.2) is 41.0 Å². The molecule has 1 aromatic heterocycles. The number of aromatic nitrogens is 2. The van der Waals surface area contributed by atoms with Gasteiger partial charge in [0.25, 0.3) is 0 Å². The van der Waals surface area contributed by atoms with Gasteiger partial charge >= 0.3 is 0 Å². The van der Waals surface area contributed by atoms with Crippen molar-refractivity contribution in [2.45, 2.75) is 39.2 Å². The predicted octanol–water partition coefficient (Wildman–Crippen LogP) is 4.26. The Labute approximate surface area is 128 Å². The maximum Gasteiger partial charge on any atom is 0.182 e. The second kappa shape index (κ2) is 7.39. The van der Waals surface area contributed by atoms with E-state index in [2.05, 4.69) is 40.1 Å². The summed E-state index contributed by atoms with van der Waals surface area (Å²) in [5.41, 5.74) is 1.99. The summed E-state index contributed by atoms with van der Waals surface area (Å²) >= 11 is 3.42. The van der Waals surface area contributed by atoms with Crippen LogP contribution >= 0.6 is 15.9 Å². The van der Waals surface area contributed by atoms with Gasteiger partial charge in [0, 0.05) is 13.0 Å². The second-order valence-electron chi connectivity index (χ2n) is 4.83. The fraction of sp³-hybridized carbons (Fsp3) is 0.375. The fourth-order valence-corrected chi connectivity index (χ4v) is 2.75. The highest BCUT2D eigenvalue weighted by Crippen LogP contribution is 2.19. The molecule has 0 radical (unpaired) electrons. The number of ketones is 1. The van der Waals surface area contributed by atoms with Crippen LogP contribution in [0.2, 0.25) is 0 Å². The molecule has 0 N–H and O–H groups in total. The summed E-state index contributed by atoms with van der Waals surface area (Å²) in [6, 6.07) is 10.3. The molecule has 1 aromatic carbocycles. The minimum atomic E-state index is 0.166. The quantitative estimate of drug-likeness (QED) is 0.709. The lowest BCUT2D eigenvalue weighted by Crippen LogP contribution is -2.11. The summed E-state index contributed by atoms with van der Waals surface area (Å²) in [5, 5.41) is 4.24. The number of halogens is 1. The minimum Gasteiger partial charge on any atom is -0.292 e. The average molecular weight is 335 g/mol. The number of carbonyl (C=O) groups excluding carboxylic acids is 1. The van der Waals surface area contributed by atoms with Crippen molar-refractivity contribution in [2.75, 3.05) is 0 Å². The van der Waals surface area contributed by atoms with E-state index in [1.807, 2.05) is 18.2 Å². The SMILES string of the molecule is CCCn1ncc(Br)c1C(=O)CCCc1ccccc1. The summed E-state index contributed by atoms with van der Waals surface area (Å²) < 4.78 is 2.60. The molecular weight excluding hydrogens is 316 g/mol. The average Bonchev–Trinajstić information content (AvgIpc) is 2.81. The van der Waals surface area contributed by atoms with Crippen molar-refractivity contribution >= 4 is 21.7 Å². The number of hydrogen-bond donors (Lipinski definition) is 0. The van der Waals surface area contributed by atoms with Crippen LogP contribution in [0, 0.1) is 0 Å². The van der Waals surface area contributed by atoms with Gasteiger partial charge in [0.05, 0.1) is 10.7 Å². The Morgan fingerprint density at radius 2 is 2.05 bits per heavy atom. The Morgan fingerprint density at radius 3 is 2.75 bits per heavy atom. The number of rotatable bonds is 7. The molecule has 0 amide bonds. The fourth-order valence-electron chi connectivity index (χ4n) is 2.24. The summed E-state index contributed by atoms with van der Waals surface area (Å²) in [6.45, 7) is 2.87. The Kier molecular flexibility index (Phi) is 5.53. The van der Waals surface area contributed by atoms with E-state index in [4.69, 9.17) is 0 Å². The molecule has 2 rings (SSSR count). The van der Waals surface area contributed by atoms with Gasteiger partial charge in [-0.2, -0.15) is 5.10 Å². The largest absolute Gasteiger partial charge is 0.292 e. The van der Waals surface area contributed by atoms with Gasteiger partial charge in [0.1, 0.15) is 5.69 Å². The molecule has 0 aliphatic carbocycles. The van der Waals surface area contributed by atoms with Crippen LogP contribution in [0.25, 0.3) is 0 Å². The molecule has 106 valence electrons. The Morgan fingerprint density at radius 1 is 1.30 bits per heavy atom. The first kappa shape index (κ1) is 15.0. The number of aryl methyl sites for hydroxylation is 2. The third-order valence-corrected chi connectivity index (χ3v) is 3.79. The van der Waals surface area contributed by atoms with Gasteiger partial charge in [-0.1, -0.05) is 37.3 Å². The Bertz CT molecular complexity index is 563. The van der Waals surface area contributed by atoms with Gasteiger partial charge in [-0.15, -0.1) is 0 Å². The maximum atomic E-state index is 12.3. The molecule has 0 aliphatic rings. The zero-order valence-electron chi connectivity index (χ0n) is 11.7. The van der Waals surface area contributed by atoms with Crippen LogP contribution in [0.5, 0.6) is 0 Å². The third kappa shape index (κ3) is 3.79. The number of carbonyl (C=O) groups is 1. The van der Waals surface area contributed by atoms with Gasteiger partial charge in [0.2, 0.25) is 0 Å². The van der Waals surface area contributed by atoms with Crippen molar-refractivity contribution in [3.8, 4) is 0 Å². The van der Waals surface area contributed by atoms with Crippen LogP contribution in [0.4, 0.5) is 0 Å². The molecule has 0 unspecified atom stereocenters. The normalized spacial score (nSPS) is 10.7. The Hall–Kier alpha value is -1.42. The van der Waals surface area contributed by atoms with Crippen LogP contribution < -0.4 is 0 Å². The lowest BCUT2D eigenvalue weighted by Gasteiger charge is -2.06. The van der Waals surface area contributed by atoms with E-state index < -0.39 is 0 Å². The van der Waals surface area contributed by atoms with Gasteiger partial charge in [0.15, 0.2) is 5.78 Å². The highest BCUT2D eigenvalue weighted by atomic mass is 79.9. The molecule has 0 spiro atoms. The van der Waals surface area contributed by atoms with Crippen molar-refractivity contribution in [1.82, 2.24) is 9.78 Å². The highest BCUT2D eigenvalue weighted by molar-refractivity contribution is 9.10. The predicted molar refractivity (Wildman–Crippen MR) is 83.9 cm³/mol. The standard InChI is InChI=1S/C16H19BrN2O/c1-2-11-19-16(14(17)12-18-19)15(20)10-6-9-13-7-4-3-5-8-13/h3-5,7-8,12H,2,6,9-11H2,1H3. The van der Waals surface area contributed by atoms with E-state index in [9.17, 15) is 4.79 Å². The molecule has 0 aliphatic heterocycles. The number of hydrogen-bond acceptors (Lipinski definition) is 2. The Balaban J connectivity index is 1.93. The van der Waals surface area contributed by atoms with Crippen LogP contribution in [-0.4, -0.2) is 15.6 Å². The summed E-state index contributed by atoms with van der Waals surface area (Å²) in [6.07, 6.45) is 5.04. The molecule has 0 saturated heterocycles. The summed E-state index contributed by atoms with van der Waals surface area (Å²) in [4.78, 5) is 12.3. The van der Waals surface area contributed by atoms with Crippen LogP contribution in [0.3, 0.4) is 0 Å². The van der Waals surface area contributed by atoms with Crippen molar-refractivity contribution in [2.24, 2.45) is 0 Å². The first-order chi connectivity index (χ1) is 9.72. The lowest BCUT2D eigenvalue weighted by molar-refractivity contribution is 0.0968. The first-order valence-corrected chi connectivity index (χ1v) is 7.80. The van der Waals surface area contributed by atoms with E-state index >= 15 is 0 Å². The zero-order valence-corrected chi connectivity index (χ0v) is 13.3. The topological polar surface area (TPSA) is 34.9 Å². The van der Waals surface area contributed by atoms with Crippen molar-refractivity contribution in [3.63, 3.8) is 0 Å². The number of benzene rings is 1. The minimum absolute atomic E-state index is 0.166. The zero-order chi connectivity index (χ0) is 14.4. The van der Waals surface area contributed by atoms with E-state index in [1.54, 1.807) is 10.9 Å². The van der Waals surface area contributed by atoms with E-state index in [1.165, 1.54) is 5.56 Å². The number of nitrogens with zero attached hydrogens (tertiary/aromatic N) is 2. The molecule has 0 bridgehead atoms. The van der Waals surface area contributed by atoms with Gasteiger partial charge in [-0.3, -0.25) is 9.48 Å². The molecule has 0 saturated carbocycles. The van der Waals surface area contributed by atoms with Crippen LogP contribution in [0.1, 0.15) is 42.2 Å². The summed E-state index contributed by atoms with van der Waals surface area (Å²) in [7, 11) is 0. The highest BCUT2D eigenvalue weighted by Gasteiger charge is 2.16. The smallest absolute Gasteiger partial charge is 0.182 e. The second-order valence-corrected chi connectivity index (χ2v) is 5.68. The van der Waals surface area contributed by atoms with Gasteiger partial charge in [-0.05, 0) is 40.8 Å². The van der Waals surface area contributed by atoms with Crippen LogP contribution in [-0.2, 0) is 13.0 Å². The molecule has 0 fully saturated rings. The van der Waals surface area contributed by atoms with Crippen molar-refractivity contribution < 1.29 is 4.79 Å². The molecule has 2 aromatic rings. The first-order valence-electron chi connectivity index (χ1n) is 7.00. The third-order valence-electron chi connectivity index (χ3n) is 3.21. The van der Waals surface area contributed by atoms with Gasteiger partial charge < -0.3 is 0 Å². The van der Waals surface area contributed by atoms with E-state index in [0.29, 0.717) is 12.1 Å².